The van der Waals surface area contributed by atoms with E-state index in [2.05, 4.69) is 86.7 Å². The Bertz CT molecular complexity index is 5060. The van der Waals surface area contributed by atoms with Crippen LogP contribution in [0.15, 0.2) is 108 Å². The van der Waals surface area contributed by atoms with Gasteiger partial charge < -0.3 is 113 Å². The Morgan fingerprint density at radius 2 is 1.00 bits per heavy atom. The van der Waals surface area contributed by atoms with E-state index in [-0.39, 0.29) is 100 Å². The molecule has 6 rings (SSSR count). The predicted molar refractivity (Wildman–Crippen MR) is 503 cm³/mol. The van der Waals surface area contributed by atoms with Crippen LogP contribution in [0, 0.1) is 11.3 Å². The number of carbonyl (C=O) groups excluding carboxylic acids is 18. The first-order valence-corrected chi connectivity index (χ1v) is 45.0. The molecule has 39 nitrogen and oxygen atoms in total. The normalized spacial score (nSPS) is 15.6. The Morgan fingerprint density at radius 1 is 0.504 bits per heavy atom. The highest BCUT2D eigenvalue weighted by Gasteiger charge is 2.45. The number of aromatic amines is 1. The Kier molecular flexibility index (Phi) is 41.4. The first kappa shape index (κ1) is 109. The lowest BCUT2D eigenvalue weighted by molar-refractivity contribution is -0.138. The van der Waals surface area contributed by atoms with Crippen molar-refractivity contribution in [3.63, 3.8) is 0 Å². The molecular formula is C92H131N19O20S2. The lowest BCUT2D eigenvalue weighted by atomic mass is 9.73. The van der Waals surface area contributed by atoms with Crippen LogP contribution in [0.4, 0.5) is 0 Å². The molecular weight excluding hydrogens is 1760 g/mol. The van der Waals surface area contributed by atoms with E-state index < -0.39 is 220 Å². The van der Waals surface area contributed by atoms with E-state index in [9.17, 15) is 62.6 Å². The molecule has 726 valence electrons. The summed E-state index contributed by atoms with van der Waals surface area (Å²) in [6, 6.07) is 8.83. The summed E-state index contributed by atoms with van der Waals surface area (Å²) in [5.41, 5.74) is 27.9. The maximum Gasteiger partial charge on any atom is 0.246 e. The van der Waals surface area contributed by atoms with Crippen molar-refractivity contribution in [1.29, 1.82) is 0 Å². The molecule has 0 unspecified atom stereocenters. The second-order valence-electron chi connectivity index (χ2n) is 36.2. The molecule has 0 saturated heterocycles. The zero-order valence-corrected chi connectivity index (χ0v) is 79.1. The molecule has 16 amide bonds. The summed E-state index contributed by atoms with van der Waals surface area (Å²) in [5.74, 6) is -16.2. The number of ether oxygens (including phenoxy) is 1. The van der Waals surface area contributed by atoms with Crippen LogP contribution in [0.2, 0.25) is 0 Å². The van der Waals surface area contributed by atoms with Crippen molar-refractivity contribution in [2.75, 3.05) is 26.7 Å². The smallest absolute Gasteiger partial charge is 0.246 e. The molecule has 0 spiro atoms. The van der Waals surface area contributed by atoms with Gasteiger partial charge >= 0.3 is 0 Å². The van der Waals surface area contributed by atoms with Gasteiger partial charge in [-0.05, 0) is 163 Å². The molecule has 1 aromatic heterocycles. The molecule has 1 aliphatic rings. The first-order chi connectivity index (χ1) is 62.3. The van der Waals surface area contributed by atoms with Crippen molar-refractivity contribution in [3.05, 3.63) is 125 Å². The summed E-state index contributed by atoms with van der Waals surface area (Å²) >= 11 is 9.22. The van der Waals surface area contributed by atoms with E-state index >= 15 is 28.8 Å². The van der Waals surface area contributed by atoms with E-state index in [1.807, 2.05) is 45.9 Å². The third kappa shape index (κ3) is 34.9. The molecule has 0 radical (unpaired) electrons. The quantitative estimate of drug-likeness (QED) is 0.0106. The minimum Gasteiger partial charge on any atom is -0.497 e. The van der Waals surface area contributed by atoms with Gasteiger partial charge in [0.15, 0.2) is 11.6 Å². The number of aliphatic hydroxyl groups excluding tert-OH is 1. The Balaban J connectivity index is 1.38. The number of carbonyl (C=O) groups is 18. The number of amides is 16. The average Bonchev–Trinajstić information content (AvgIpc) is 1.60. The van der Waals surface area contributed by atoms with Gasteiger partial charge in [-0.15, -0.1) is 0 Å². The number of Topliss-reactive ketones (excluding diaryl/α,β-unsaturated/α-hetero) is 2. The van der Waals surface area contributed by atoms with Gasteiger partial charge in [0.25, 0.3) is 0 Å². The number of nitrogens with one attached hydrogen (secondary N) is 14. The highest BCUT2D eigenvalue weighted by Crippen LogP contribution is 2.36. The number of hydrogen-bond acceptors (Lipinski definition) is 24. The lowest BCUT2D eigenvalue weighted by Crippen LogP contribution is -2.65. The number of para-hydroxylation sites is 1. The number of nitrogens with two attached hydrogens (primary N) is 5. The molecule has 1 aliphatic carbocycles. The second-order valence-corrected chi connectivity index (χ2v) is 38.5. The standard InChI is InChI=1S/C92H131N19O20S2/c1-49(2)39-63(74-68(114)45-89(5,6)46-69(74)115)98-38-20-17-25-60(79(121)105-67(44-72(96)118)78(120)100-48-73(97)119)108-88(130)92(11,36-18-19-37-93)111-84(126)65(42-53-26-29-54-21-13-14-22-55(54)40-53)104-82(124)64(41-52-27-30-57(131-12)31-28-52)107-87(129)77(91(9,10)133)110-81(123)62(33-35-71(95)117)102-83(125)66(43-56-47-99-59-24-16-15-23-58(56)59)106-85(127)75(50(3)112)109-80(122)61(32-34-70(94)116)103-86(128)76(90(7,8)132)101-51(4)113/h13-16,21-24,26-31,40,47,49-50,60-62,64-67,75-77,98-99,112,132-133H,17-20,25,32-39,41-46,48,93H2,1-12H3,(H2,94,116)(H2,95,117)(H2,96,118)(H2,97,119)(H,100,120)(H,101,113)(H,102,125)(H,103,128)(H,104,124)(H,105,121)(H,106,127)(H,107,129)(H,108,130)(H,109,122)(H,110,123)(H,111,126)/t50-,60+,61+,62+,64+,65+,66+,67+,75+,76-,77-,92+/m1/s1. The van der Waals surface area contributed by atoms with Gasteiger partial charge in [-0.2, -0.15) is 25.3 Å². The van der Waals surface area contributed by atoms with Gasteiger partial charge in [0.2, 0.25) is 94.5 Å². The summed E-state index contributed by atoms with van der Waals surface area (Å²) in [5, 5.41) is 47.6. The van der Waals surface area contributed by atoms with Crippen LogP contribution in [0.5, 0.6) is 5.75 Å². The van der Waals surface area contributed by atoms with E-state index in [4.69, 9.17) is 46.0 Å². The van der Waals surface area contributed by atoms with Crippen LogP contribution in [-0.2, 0) is 106 Å². The van der Waals surface area contributed by atoms with Crippen LogP contribution in [0.1, 0.15) is 183 Å². The number of benzene rings is 4. The third-order valence-corrected chi connectivity index (χ3v) is 22.8. The number of unbranched alkanes of at least 4 members (excludes halogenated alkanes) is 2. The zero-order chi connectivity index (χ0) is 99.2. The van der Waals surface area contributed by atoms with Gasteiger partial charge in [-0.1, -0.05) is 100 Å². The number of ketones is 2. The van der Waals surface area contributed by atoms with Crippen LogP contribution in [0.3, 0.4) is 0 Å². The number of H-pyrrole nitrogens is 1. The highest BCUT2D eigenvalue weighted by molar-refractivity contribution is 7.82. The van der Waals surface area contributed by atoms with E-state index in [0.717, 1.165) is 24.6 Å². The number of aliphatic hydroxyl groups is 1. The zero-order valence-electron chi connectivity index (χ0n) is 77.3. The molecule has 12 atom stereocenters. The van der Waals surface area contributed by atoms with Gasteiger partial charge in [0.1, 0.15) is 71.7 Å². The van der Waals surface area contributed by atoms with Gasteiger partial charge in [0, 0.05) is 90.7 Å². The van der Waals surface area contributed by atoms with Crippen LogP contribution >= 0.6 is 25.3 Å². The van der Waals surface area contributed by atoms with Crippen molar-refractivity contribution in [2.45, 2.75) is 267 Å². The Labute approximate surface area is 783 Å². The van der Waals surface area contributed by atoms with Gasteiger partial charge in [-0.3, -0.25) is 86.3 Å². The third-order valence-electron chi connectivity index (χ3n) is 22.2. The number of methoxy groups -OCH3 is 1. The topological polar surface area (TPSA) is 639 Å². The monoisotopic (exact) mass is 1890 g/mol. The van der Waals surface area contributed by atoms with E-state index in [1.165, 1.54) is 41.7 Å². The number of primary amides is 4. The number of hydrogen-bond donors (Lipinski definition) is 22. The summed E-state index contributed by atoms with van der Waals surface area (Å²) in [7, 11) is 1.42. The van der Waals surface area contributed by atoms with Crippen molar-refractivity contribution < 1.29 is 96.1 Å². The van der Waals surface area contributed by atoms with Gasteiger partial charge in [-0.25, -0.2) is 0 Å². The molecule has 1 saturated carbocycles. The largest absolute Gasteiger partial charge is 0.497 e. The summed E-state index contributed by atoms with van der Waals surface area (Å²) in [4.78, 5) is 256. The number of allylic oxidation sites excluding steroid dienone is 2. The van der Waals surface area contributed by atoms with E-state index in [0.29, 0.717) is 51.9 Å². The Hall–Kier alpha value is -12.5. The molecule has 1 heterocycles. The number of aromatic nitrogens is 1. The molecule has 1 fully saturated rings. The fourth-order valence-corrected chi connectivity index (χ4v) is 15.5. The summed E-state index contributed by atoms with van der Waals surface area (Å²) < 4.78 is 2.58. The van der Waals surface area contributed by atoms with Crippen molar-refractivity contribution >= 4 is 153 Å². The van der Waals surface area contributed by atoms with Crippen LogP contribution in [0.25, 0.3) is 21.7 Å². The minimum atomic E-state index is -2.02. The van der Waals surface area contributed by atoms with Crippen LogP contribution in [-0.4, -0.2) is 224 Å². The molecule has 41 heteroatoms. The first-order valence-electron chi connectivity index (χ1n) is 44.1. The lowest BCUT2D eigenvalue weighted by Gasteiger charge is -2.34. The fraction of sp³-hybridized carbons (Fsp3) is 0.522. The molecule has 4 aromatic carbocycles. The van der Waals surface area contributed by atoms with E-state index in [1.54, 1.807) is 79.0 Å². The summed E-state index contributed by atoms with van der Waals surface area (Å²) in [6.45, 7) is 16.7. The Morgan fingerprint density at radius 3 is 1.56 bits per heavy atom. The van der Waals surface area contributed by atoms with Crippen molar-refractivity contribution in [3.8, 4) is 5.75 Å². The minimum absolute atomic E-state index is 0.0153. The highest BCUT2D eigenvalue weighted by atomic mass is 32.1. The summed E-state index contributed by atoms with van der Waals surface area (Å²) in [6.07, 6.45) is -2.91. The molecule has 25 N–H and O–H groups in total. The molecule has 5 aromatic rings. The number of fused-ring (bicyclic) bond motifs is 2. The average molecular weight is 1890 g/mol. The molecule has 0 bridgehead atoms. The molecule has 133 heavy (non-hydrogen) atoms. The van der Waals surface area contributed by atoms with Crippen LogP contribution < -0.4 is 103 Å². The fourth-order valence-electron chi connectivity index (χ4n) is 15.2. The predicted octanol–water partition coefficient (Wildman–Crippen LogP) is 0.0532. The maximum absolute atomic E-state index is 15.8. The number of thiol groups is 2. The molecule has 0 aliphatic heterocycles. The number of rotatable bonds is 54. The maximum atomic E-state index is 15.8. The van der Waals surface area contributed by atoms with Crippen molar-refractivity contribution in [2.24, 2.45) is 40.0 Å². The SMILES string of the molecule is COc1ccc(C[C@H](NC(=O)[C@@H](NC(=O)[C@H](CCC(N)=O)NC(=O)[C@H](Cc2c[nH]c3ccccc23)NC(=O)[C@@H](NC(=O)[C@H](CCC(N)=O)NC(=O)[C@@H](NC(C)=O)C(C)(C)S)[C@@H](C)O)C(C)(C)S)C(=O)N[C@@H](Cc2ccc3ccccc3c2)C(=O)N[C@@](C)(CCCCN)C(=O)N[C@@H](CCCCNC(CC(C)C)=C2C(=O)CC(C)(C)CC2=O)C(=O)N[C@@H](CC(N)=O)C(=O)NCC(N)=O)cc1. The second kappa shape index (κ2) is 50.4. The van der Waals surface area contributed by atoms with Gasteiger partial charge in [0.05, 0.1) is 31.8 Å². The van der Waals surface area contributed by atoms with Crippen molar-refractivity contribution in [1.82, 2.24) is 74.1 Å².